The van der Waals surface area contributed by atoms with Crippen LogP contribution in [0.3, 0.4) is 0 Å². The van der Waals surface area contributed by atoms with Crippen LogP contribution in [0.1, 0.15) is 31.7 Å². The summed E-state index contributed by atoms with van der Waals surface area (Å²) >= 11 is 0. The molecule has 0 aliphatic carbocycles. The van der Waals surface area contributed by atoms with Crippen LogP contribution in [0.5, 0.6) is 0 Å². The summed E-state index contributed by atoms with van der Waals surface area (Å²) in [5.41, 5.74) is 1.09. The molecule has 1 aromatic carbocycles. The fourth-order valence-electron chi connectivity index (χ4n) is 2.79. The van der Waals surface area contributed by atoms with E-state index >= 15 is 0 Å². The first-order valence-corrected chi connectivity index (χ1v) is 9.00. The highest BCUT2D eigenvalue weighted by Gasteiger charge is 2.11. The van der Waals surface area contributed by atoms with Crippen molar-refractivity contribution < 1.29 is 9.18 Å². The predicted molar refractivity (Wildman–Crippen MR) is 99.8 cm³/mol. The molecule has 0 aliphatic rings. The zero-order valence-corrected chi connectivity index (χ0v) is 15.2. The molecule has 0 saturated heterocycles. The monoisotopic (exact) mass is 371 g/mol. The molecule has 0 aliphatic heterocycles. The first kappa shape index (κ1) is 18.8. The van der Waals surface area contributed by atoms with Crippen LogP contribution < -0.4 is 10.9 Å². The second-order valence-electron chi connectivity index (χ2n) is 6.36. The molecule has 8 heteroatoms. The van der Waals surface area contributed by atoms with Gasteiger partial charge in [0.1, 0.15) is 17.5 Å². The number of aromatic nitrogens is 4. The number of hydrogen-bond acceptors (Lipinski definition) is 4. The van der Waals surface area contributed by atoms with Crippen molar-refractivity contribution in [3.63, 3.8) is 0 Å². The Hall–Kier alpha value is -3.03. The molecule has 1 amide bonds. The lowest BCUT2D eigenvalue weighted by atomic mass is 10.2. The van der Waals surface area contributed by atoms with Gasteiger partial charge in [0.25, 0.3) is 5.56 Å². The molecule has 1 N–H and O–H groups in total. The molecule has 0 fully saturated rings. The molecule has 0 spiro atoms. The number of amides is 1. The fourth-order valence-corrected chi connectivity index (χ4v) is 2.79. The summed E-state index contributed by atoms with van der Waals surface area (Å²) in [4.78, 5) is 28.6. The van der Waals surface area contributed by atoms with E-state index in [4.69, 9.17) is 0 Å². The van der Waals surface area contributed by atoms with E-state index in [0.29, 0.717) is 37.1 Å². The van der Waals surface area contributed by atoms with Gasteiger partial charge in [-0.25, -0.2) is 14.1 Å². The van der Waals surface area contributed by atoms with Crippen LogP contribution in [0.2, 0.25) is 0 Å². The van der Waals surface area contributed by atoms with Gasteiger partial charge >= 0.3 is 0 Å². The van der Waals surface area contributed by atoms with Crippen LogP contribution in [0.15, 0.2) is 41.6 Å². The fraction of sp³-hybridized carbons (Fsp3) is 0.368. The van der Waals surface area contributed by atoms with Gasteiger partial charge in [0, 0.05) is 13.0 Å². The molecule has 0 saturated carbocycles. The molecule has 3 rings (SSSR count). The summed E-state index contributed by atoms with van der Waals surface area (Å²) in [5, 5.41) is 7.47. The van der Waals surface area contributed by atoms with Crippen LogP contribution in [0, 0.1) is 5.82 Å². The minimum Gasteiger partial charge on any atom is -0.354 e. The Labute approximate surface area is 155 Å². The highest BCUT2D eigenvalue weighted by atomic mass is 19.1. The lowest BCUT2D eigenvalue weighted by Gasteiger charge is -2.07. The minimum absolute atomic E-state index is 0.0166. The molecule has 7 nitrogen and oxygen atoms in total. The Kier molecular flexibility index (Phi) is 5.95. The van der Waals surface area contributed by atoms with Crippen LogP contribution >= 0.6 is 0 Å². The van der Waals surface area contributed by atoms with Crippen LogP contribution in [0.25, 0.3) is 11.0 Å². The molecule has 3 aromatic rings. The van der Waals surface area contributed by atoms with E-state index in [1.165, 1.54) is 29.2 Å². The lowest BCUT2D eigenvalue weighted by Crippen LogP contribution is -2.27. The summed E-state index contributed by atoms with van der Waals surface area (Å²) in [5.74, 6) is -0.300. The van der Waals surface area contributed by atoms with Crippen molar-refractivity contribution in [2.45, 2.75) is 39.3 Å². The van der Waals surface area contributed by atoms with Gasteiger partial charge in [-0.2, -0.15) is 5.10 Å². The minimum atomic E-state index is -0.317. The first-order chi connectivity index (χ1) is 13.1. The average molecular weight is 371 g/mol. The summed E-state index contributed by atoms with van der Waals surface area (Å²) in [6.45, 7) is 3.22. The van der Waals surface area contributed by atoms with Gasteiger partial charge in [0.15, 0.2) is 5.65 Å². The summed E-state index contributed by atoms with van der Waals surface area (Å²) in [7, 11) is 0. The molecule has 27 heavy (non-hydrogen) atoms. The molecule has 0 bridgehead atoms. The van der Waals surface area contributed by atoms with Gasteiger partial charge in [0.05, 0.1) is 19.3 Å². The largest absolute Gasteiger partial charge is 0.354 e. The highest BCUT2D eigenvalue weighted by Crippen LogP contribution is 2.08. The predicted octanol–water partition coefficient (Wildman–Crippen LogP) is 2.09. The first-order valence-electron chi connectivity index (χ1n) is 9.00. The second-order valence-corrected chi connectivity index (χ2v) is 6.36. The number of benzene rings is 1. The van der Waals surface area contributed by atoms with Crippen molar-refractivity contribution in [1.82, 2.24) is 24.6 Å². The van der Waals surface area contributed by atoms with E-state index < -0.39 is 0 Å². The van der Waals surface area contributed by atoms with E-state index in [1.807, 2.05) is 6.92 Å². The Morgan fingerprint density at radius 1 is 1.26 bits per heavy atom. The molecule has 0 atom stereocenters. The van der Waals surface area contributed by atoms with Crippen LogP contribution in [-0.4, -0.2) is 31.8 Å². The van der Waals surface area contributed by atoms with Gasteiger partial charge in [0.2, 0.25) is 5.91 Å². The van der Waals surface area contributed by atoms with Gasteiger partial charge in [-0.15, -0.1) is 0 Å². The van der Waals surface area contributed by atoms with Gasteiger partial charge < -0.3 is 5.32 Å². The summed E-state index contributed by atoms with van der Waals surface area (Å²) < 4.78 is 16.1. The Balaban J connectivity index is 1.70. The van der Waals surface area contributed by atoms with Crippen molar-refractivity contribution in [2.24, 2.45) is 0 Å². The number of carbonyl (C=O) groups excluding carboxylic acids is 1. The molecule has 142 valence electrons. The smallest absolute Gasteiger partial charge is 0.264 e. The van der Waals surface area contributed by atoms with Crippen LogP contribution in [0.4, 0.5) is 4.39 Å². The number of unbranched alkanes of at least 4 members (excludes halogenated alkanes) is 1. The number of fused-ring (bicyclic) bond motifs is 1. The van der Waals surface area contributed by atoms with Crippen molar-refractivity contribution in [2.75, 3.05) is 6.54 Å². The number of halogens is 1. The Morgan fingerprint density at radius 2 is 2.04 bits per heavy atom. The summed E-state index contributed by atoms with van der Waals surface area (Å²) in [6, 6.07) is 5.99. The molecule has 2 aromatic heterocycles. The molecular weight excluding hydrogens is 349 g/mol. The average Bonchev–Trinajstić information content (AvgIpc) is 3.08. The maximum Gasteiger partial charge on any atom is 0.264 e. The third kappa shape index (κ3) is 4.58. The number of hydrogen-bond donors (Lipinski definition) is 1. The SMILES string of the molecule is CCCCC(=O)NCCn1ncc2c(=O)n(Cc3ccc(F)cc3)cnc21. The van der Waals surface area contributed by atoms with Gasteiger partial charge in [-0.3, -0.25) is 14.2 Å². The number of nitrogens with zero attached hydrogens (tertiary/aromatic N) is 4. The third-order valence-corrected chi connectivity index (χ3v) is 4.29. The molecule has 0 radical (unpaired) electrons. The topological polar surface area (TPSA) is 81.8 Å². The molecule has 0 unspecified atom stereocenters. The van der Waals surface area contributed by atoms with Crippen molar-refractivity contribution in [3.8, 4) is 0 Å². The second kappa shape index (κ2) is 8.57. The maximum atomic E-state index is 13.0. The normalized spacial score (nSPS) is 11.0. The quantitative estimate of drug-likeness (QED) is 0.657. The van der Waals surface area contributed by atoms with E-state index in [9.17, 15) is 14.0 Å². The van der Waals surface area contributed by atoms with Crippen LogP contribution in [-0.2, 0) is 17.9 Å². The molecular formula is C19H22FN5O2. The van der Waals surface area contributed by atoms with E-state index in [1.54, 1.807) is 16.8 Å². The zero-order valence-electron chi connectivity index (χ0n) is 15.2. The van der Waals surface area contributed by atoms with Gasteiger partial charge in [-0.05, 0) is 24.1 Å². The zero-order chi connectivity index (χ0) is 19.2. The van der Waals surface area contributed by atoms with E-state index in [0.717, 1.165) is 18.4 Å². The molecule has 2 heterocycles. The van der Waals surface area contributed by atoms with Gasteiger partial charge in [-0.1, -0.05) is 25.5 Å². The number of carbonyl (C=O) groups is 1. The Morgan fingerprint density at radius 3 is 2.78 bits per heavy atom. The number of rotatable bonds is 8. The summed E-state index contributed by atoms with van der Waals surface area (Å²) in [6.07, 6.45) is 5.32. The standard InChI is InChI=1S/C19H22FN5O2/c1-2-3-4-17(26)21-9-10-25-18-16(11-23-25)19(27)24(13-22-18)12-14-5-7-15(20)8-6-14/h5-8,11,13H,2-4,9-10,12H2,1H3,(H,21,26). The highest BCUT2D eigenvalue weighted by molar-refractivity contribution is 5.76. The Bertz CT molecular complexity index is 978. The van der Waals surface area contributed by atoms with E-state index in [2.05, 4.69) is 15.4 Å². The van der Waals surface area contributed by atoms with E-state index in [-0.39, 0.29) is 17.3 Å². The van der Waals surface area contributed by atoms with Crippen molar-refractivity contribution in [3.05, 3.63) is 58.5 Å². The number of nitrogens with one attached hydrogen (secondary N) is 1. The van der Waals surface area contributed by atoms with Crippen molar-refractivity contribution in [1.29, 1.82) is 0 Å². The lowest BCUT2D eigenvalue weighted by molar-refractivity contribution is -0.121. The third-order valence-electron chi connectivity index (χ3n) is 4.29. The van der Waals surface area contributed by atoms with Crippen molar-refractivity contribution >= 4 is 16.9 Å². The maximum absolute atomic E-state index is 13.0.